The summed E-state index contributed by atoms with van der Waals surface area (Å²) in [5.41, 5.74) is 4.67. The number of nitrogens with two attached hydrogens (primary N) is 1. The number of nitrogens with one attached hydrogen (secondary N) is 1. The Morgan fingerprint density at radius 3 is 2.19 bits per heavy atom. The maximum absolute atomic E-state index is 5.81. The van der Waals surface area contributed by atoms with Gasteiger partial charge in [-0.2, -0.15) is 0 Å². The van der Waals surface area contributed by atoms with E-state index in [2.05, 4.69) is 37.3 Å². The lowest BCUT2D eigenvalue weighted by molar-refractivity contribution is 0.377. The second kappa shape index (κ2) is 7.26. The van der Waals surface area contributed by atoms with E-state index in [9.17, 15) is 0 Å². The Morgan fingerprint density at radius 2 is 1.67 bits per heavy atom. The van der Waals surface area contributed by atoms with Crippen molar-refractivity contribution in [2.24, 2.45) is 5.84 Å². The van der Waals surface area contributed by atoms with Gasteiger partial charge in [0.05, 0.1) is 25.8 Å². The molecule has 0 saturated heterocycles. The first-order valence-corrected chi connectivity index (χ1v) is 7.83. The van der Waals surface area contributed by atoms with Gasteiger partial charge in [-0.05, 0) is 35.9 Å². The molecule has 1 atom stereocenters. The van der Waals surface area contributed by atoms with Gasteiger partial charge in [-0.3, -0.25) is 5.84 Å². The average Bonchev–Trinajstić information content (AvgIpc) is 2.51. The highest BCUT2D eigenvalue weighted by atomic mass is 79.9. The highest BCUT2D eigenvalue weighted by Gasteiger charge is 2.23. The first-order chi connectivity index (χ1) is 10.1. The molecule has 4 nitrogen and oxygen atoms in total. The second-order valence-corrected chi connectivity index (χ2v) is 6.11. The SMILES string of the molecule is COc1cccc(OC)c1C(NN)c1cc(Br)ccc1Br. The van der Waals surface area contributed by atoms with E-state index in [1.165, 1.54) is 0 Å². The van der Waals surface area contributed by atoms with Gasteiger partial charge in [0.2, 0.25) is 0 Å². The molecule has 0 aliphatic carbocycles. The Bertz CT molecular complexity index is 613. The van der Waals surface area contributed by atoms with Crippen LogP contribution in [0.3, 0.4) is 0 Å². The van der Waals surface area contributed by atoms with Crippen molar-refractivity contribution in [3.63, 3.8) is 0 Å². The molecule has 0 fully saturated rings. The van der Waals surface area contributed by atoms with E-state index in [1.54, 1.807) is 14.2 Å². The average molecular weight is 416 g/mol. The van der Waals surface area contributed by atoms with Gasteiger partial charge >= 0.3 is 0 Å². The molecule has 112 valence electrons. The molecule has 0 saturated carbocycles. The van der Waals surface area contributed by atoms with E-state index >= 15 is 0 Å². The molecule has 2 aromatic carbocycles. The molecule has 0 bridgehead atoms. The van der Waals surface area contributed by atoms with E-state index < -0.39 is 0 Å². The lowest BCUT2D eigenvalue weighted by atomic mass is 9.97. The number of methoxy groups -OCH3 is 2. The van der Waals surface area contributed by atoms with Crippen LogP contribution in [0.25, 0.3) is 0 Å². The zero-order valence-electron chi connectivity index (χ0n) is 11.7. The van der Waals surface area contributed by atoms with Gasteiger partial charge in [-0.1, -0.05) is 37.9 Å². The molecule has 0 heterocycles. The summed E-state index contributed by atoms with van der Waals surface area (Å²) >= 11 is 7.05. The van der Waals surface area contributed by atoms with Crippen LogP contribution in [0.4, 0.5) is 0 Å². The fourth-order valence-electron chi connectivity index (χ4n) is 2.23. The number of benzene rings is 2. The summed E-state index contributed by atoms with van der Waals surface area (Å²) < 4.78 is 12.8. The minimum absolute atomic E-state index is 0.275. The maximum atomic E-state index is 5.81. The quantitative estimate of drug-likeness (QED) is 0.576. The molecule has 0 aliphatic heterocycles. The number of ether oxygens (including phenoxy) is 2. The number of rotatable bonds is 5. The van der Waals surface area contributed by atoms with Gasteiger partial charge in [0, 0.05) is 8.95 Å². The highest BCUT2D eigenvalue weighted by molar-refractivity contribution is 9.11. The molecule has 0 spiro atoms. The van der Waals surface area contributed by atoms with Gasteiger partial charge in [-0.25, -0.2) is 5.43 Å². The van der Waals surface area contributed by atoms with Crippen molar-refractivity contribution in [3.05, 3.63) is 56.5 Å². The van der Waals surface area contributed by atoms with Crippen LogP contribution in [-0.2, 0) is 0 Å². The highest BCUT2D eigenvalue weighted by Crippen LogP contribution is 2.39. The molecule has 0 radical (unpaired) electrons. The van der Waals surface area contributed by atoms with Crippen molar-refractivity contribution in [2.45, 2.75) is 6.04 Å². The van der Waals surface area contributed by atoms with Gasteiger partial charge in [0.1, 0.15) is 11.5 Å². The predicted molar refractivity (Wildman–Crippen MR) is 90.6 cm³/mol. The van der Waals surface area contributed by atoms with Crippen molar-refractivity contribution < 1.29 is 9.47 Å². The van der Waals surface area contributed by atoms with Crippen LogP contribution in [-0.4, -0.2) is 14.2 Å². The monoisotopic (exact) mass is 414 g/mol. The lowest BCUT2D eigenvalue weighted by Gasteiger charge is -2.23. The van der Waals surface area contributed by atoms with E-state index in [4.69, 9.17) is 15.3 Å². The van der Waals surface area contributed by atoms with Crippen LogP contribution in [0.2, 0.25) is 0 Å². The van der Waals surface area contributed by atoms with Gasteiger partial charge < -0.3 is 9.47 Å². The van der Waals surface area contributed by atoms with Crippen molar-refractivity contribution in [3.8, 4) is 11.5 Å². The molecule has 2 rings (SSSR count). The number of hydrogen-bond donors (Lipinski definition) is 2. The minimum Gasteiger partial charge on any atom is -0.496 e. The third-order valence-electron chi connectivity index (χ3n) is 3.19. The first-order valence-electron chi connectivity index (χ1n) is 6.24. The van der Waals surface area contributed by atoms with Crippen LogP contribution < -0.4 is 20.7 Å². The van der Waals surface area contributed by atoms with Crippen LogP contribution >= 0.6 is 31.9 Å². The number of hydrogen-bond acceptors (Lipinski definition) is 4. The minimum atomic E-state index is -0.275. The molecule has 0 amide bonds. The van der Waals surface area contributed by atoms with E-state index in [-0.39, 0.29) is 6.04 Å². The third kappa shape index (κ3) is 3.40. The van der Waals surface area contributed by atoms with Gasteiger partial charge in [0.15, 0.2) is 0 Å². The fraction of sp³-hybridized carbons (Fsp3) is 0.200. The van der Waals surface area contributed by atoms with Crippen molar-refractivity contribution in [1.82, 2.24) is 5.43 Å². The van der Waals surface area contributed by atoms with E-state index in [1.807, 2.05) is 36.4 Å². The Labute approximate surface area is 140 Å². The summed E-state index contributed by atoms with van der Waals surface area (Å²) in [6.45, 7) is 0. The summed E-state index contributed by atoms with van der Waals surface area (Å²) in [6, 6.07) is 11.3. The second-order valence-electron chi connectivity index (χ2n) is 4.34. The van der Waals surface area contributed by atoms with Crippen molar-refractivity contribution in [1.29, 1.82) is 0 Å². The third-order valence-corrected chi connectivity index (χ3v) is 4.41. The Hall–Kier alpha value is -1.08. The molecule has 2 aromatic rings. The smallest absolute Gasteiger partial charge is 0.127 e. The summed E-state index contributed by atoms with van der Waals surface area (Å²) in [4.78, 5) is 0. The standard InChI is InChI=1S/C15H16Br2N2O2/c1-20-12-4-3-5-13(21-2)14(12)15(19-18)10-8-9(16)6-7-11(10)17/h3-8,15,19H,18H2,1-2H3. The number of hydrazine groups is 1. The summed E-state index contributed by atoms with van der Waals surface area (Å²) in [6.07, 6.45) is 0. The Balaban J connectivity index is 2.63. The number of halogens is 2. The zero-order chi connectivity index (χ0) is 15.4. The van der Waals surface area contributed by atoms with E-state index in [0.717, 1.165) is 20.1 Å². The Kier molecular flexibility index (Phi) is 5.64. The molecule has 1 unspecified atom stereocenters. The molecule has 0 aromatic heterocycles. The molecule has 0 aliphatic rings. The molecular formula is C15H16Br2N2O2. The molecular weight excluding hydrogens is 400 g/mol. The van der Waals surface area contributed by atoms with Crippen molar-refractivity contribution in [2.75, 3.05) is 14.2 Å². The molecule has 6 heteroatoms. The van der Waals surface area contributed by atoms with E-state index in [0.29, 0.717) is 11.5 Å². The molecule has 21 heavy (non-hydrogen) atoms. The fourth-order valence-corrected chi connectivity index (χ4v) is 3.08. The predicted octanol–water partition coefficient (Wildman–Crippen LogP) is 3.78. The summed E-state index contributed by atoms with van der Waals surface area (Å²) in [5, 5.41) is 0. The van der Waals surface area contributed by atoms with Gasteiger partial charge in [0.25, 0.3) is 0 Å². The molecule has 3 N–H and O–H groups in total. The zero-order valence-corrected chi connectivity index (χ0v) is 14.9. The topological polar surface area (TPSA) is 56.5 Å². The lowest BCUT2D eigenvalue weighted by Crippen LogP contribution is -2.29. The van der Waals surface area contributed by atoms with Crippen LogP contribution in [0.15, 0.2) is 45.3 Å². The van der Waals surface area contributed by atoms with Crippen molar-refractivity contribution >= 4 is 31.9 Å². The maximum Gasteiger partial charge on any atom is 0.127 e. The first kappa shape index (κ1) is 16.3. The normalized spacial score (nSPS) is 12.0. The summed E-state index contributed by atoms with van der Waals surface area (Å²) in [5.74, 6) is 7.23. The van der Waals surface area contributed by atoms with Gasteiger partial charge in [-0.15, -0.1) is 0 Å². The Morgan fingerprint density at radius 1 is 1.05 bits per heavy atom. The van der Waals surface area contributed by atoms with Crippen LogP contribution in [0.5, 0.6) is 11.5 Å². The van der Waals surface area contributed by atoms with Crippen LogP contribution in [0, 0.1) is 0 Å². The summed E-state index contributed by atoms with van der Waals surface area (Å²) in [7, 11) is 3.25. The van der Waals surface area contributed by atoms with Crippen LogP contribution in [0.1, 0.15) is 17.2 Å². The largest absolute Gasteiger partial charge is 0.496 e.